The van der Waals surface area contributed by atoms with E-state index in [4.69, 9.17) is 21.3 Å². The molecule has 11 nitrogen and oxygen atoms in total. The van der Waals surface area contributed by atoms with Crippen molar-refractivity contribution >= 4 is 46.2 Å². The molecule has 2 N–H and O–H groups in total. The van der Waals surface area contributed by atoms with Gasteiger partial charge in [0.25, 0.3) is 5.56 Å². The zero-order valence-corrected chi connectivity index (χ0v) is 21.2. The monoisotopic (exact) mass is 514 g/mol. The summed E-state index contributed by atoms with van der Waals surface area (Å²) in [6.45, 7) is 5.63. The van der Waals surface area contributed by atoms with Gasteiger partial charge < -0.3 is 25.0 Å². The van der Waals surface area contributed by atoms with Gasteiger partial charge in [0.2, 0.25) is 5.95 Å². The molecule has 3 heterocycles. The number of pyridine rings is 1. The van der Waals surface area contributed by atoms with Crippen molar-refractivity contribution in [2.24, 2.45) is 7.05 Å². The summed E-state index contributed by atoms with van der Waals surface area (Å²) in [6, 6.07) is 6.39. The summed E-state index contributed by atoms with van der Waals surface area (Å²) >= 11 is 5.89. The van der Waals surface area contributed by atoms with E-state index in [0.717, 1.165) is 11.1 Å². The van der Waals surface area contributed by atoms with Crippen LogP contribution in [0.25, 0.3) is 10.9 Å². The third-order valence-electron chi connectivity index (χ3n) is 6.23. The van der Waals surface area contributed by atoms with Gasteiger partial charge >= 0.3 is 12.1 Å². The zero-order valence-electron chi connectivity index (χ0n) is 20.4. The minimum absolute atomic E-state index is 0.0775. The van der Waals surface area contributed by atoms with Crippen LogP contribution in [0.15, 0.2) is 29.1 Å². The molecule has 0 spiro atoms. The number of carbonyl (C=O) groups is 2. The number of ether oxygens (including phenoxy) is 1. The van der Waals surface area contributed by atoms with Gasteiger partial charge in [0, 0.05) is 38.8 Å². The van der Waals surface area contributed by atoms with Crippen molar-refractivity contribution in [3.8, 4) is 0 Å². The lowest BCUT2D eigenvalue weighted by Crippen LogP contribution is -2.50. The lowest BCUT2D eigenvalue weighted by molar-refractivity contribution is 0.0691. The lowest BCUT2D eigenvalue weighted by Gasteiger charge is -2.35. The van der Waals surface area contributed by atoms with Crippen LogP contribution < -0.4 is 15.8 Å². The molecule has 190 valence electrons. The highest BCUT2D eigenvalue weighted by molar-refractivity contribution is 6.29. The van der Waals surface area contributed by atoms with Crippen LogP contribution in [0.3, 0.4) is 0 Å². The summed E-state index contributed by atoms with van der Waals surface area (Å²) in [5.74, 6) is -0.713. The predicted molar refractivity (Wildman–Crippen MR) is 136 cm³/mol. The molecule has 3 aromatic rings. The number of hydrogen-bond acceptors (Lipinski definition) is 8. The van der Waals surface area contributed by atoms with Gasteiger partial charge in [-0.3, -0.25) is 9.36 Å². The van der Waals surface area contributed by atoms with Gasteiger partial charge in [0.1, 0.15) is 5.15 Å². The maximum Gasteiger partial charge on any atom is 0.409 e. The standard InChI is InChI=1S/C24H27ClN6O5/c1-13-11-15(14(2)26-17-5-6-18(25)27-20(17)22(33)34)19-16(12-13)21(32)29(3)23(28-19)30-7-9-31(10-8-30)24(35)36-4/h5-6,11-12,14,26H,7-10H2,1-4H3,(H,33,34)/t14-/m0/s1. The number of hydrogen-bond donors (Lipinski definition) is 2. The zero-order chi connectivity index (χ0) is 26.1. The number of carbonyl (C=O) groups excluding carboxylic acids is 1. The van der Waals surface area contributed by atoms with E-state index in [2.05, 4.69) is 10.3 Å². The number of aromatic carboxylic acids is 1. The summed E-state index contributed by atoms with van der Waals surface area (Å²) in [6.07, 6.45) is -0.384. The molecule has 1 atom stereocenters. The molecule has 0 aliphatic carbocycles. The van der Waals surface area contributed by atoms with Crippen LogP contribution in [-0.4, -0.2) is 69.9 Å². The second kappa shape index (κ2) is 10.0. The maximum absolute atomic E-state index is 13.4. The Balaban J connectivity index is 1.74. The van der Waals surface area contributed by atoms with Crippen LogP contribution >= 0.6 is 11.6 Å². The van der Waals surface area contributed by atoms with Gasteiger partial charge in [-0.25, -0.2) is 19.6 Å². The molecule has 1 aliphatic rings. The van der Waals surface area contributed by atoms with E-state index < -0.39 is 12.0 Å². The first-order valence-corrected chi connectivity index (χ1v) is 11.7. The largest absolute Gasteiger partial charge is 0.476 e. The average Bonchev–Trinajstić information content (AvgIpc) is 2.86. The van der Waals surface area contributed by atoms with Gasteiger partial charge in [-0.2, -0.15) is 0 Å². The molecule has 0 radical (unpaired) electrons. The number of fused-ring (bicyclic) bond motifs is 1. The van der Waals surface area contributed by atoms with Crippen LogP contribution in [0.2, 0.25) is 5.15 Å². The third kappa shape index (κ3) is 4.78. The normalized spacial score (nSPS) is 14.6. The SMILES string of the molecule is COC(=O)N1CCN(c2nc3c([C@H](C)Nc4ccc(Cl)nc4C(=O)O)cc(C)cc3c(=O)n2C)CC1. The van der Waals surface area contributed by atoms with Crippen molar-refractivity contribution in [1.29, 1.82) is 0 Å². The Morgan fingerprint density at radius 2 is 1.86 bits per heavy atom. The Bertz CT molecular complexity index is 1400. The molecule has 0 saturated carbocycles. The lowest BCUT2D eigenvalue weighted by atomic mass is 10.0. The van der Waals surface area contributed by atoms with Crippen LogP contribution in [-0.2, 0) is 11.8 Å². The smallest absolute Gasteiger partial charge is 0.409 e. The predicted octanol–water partition coefficient (Wildman–Crippen LogP) is 3.05. The van der Waals surface area contributed by atoms with Crippen molar-refractivity contribution < 1.29 is 19.4 Å². The summed E-state index contributed by atoms with van der Waals surface area (Å²) in [5.41, 5.74) is 2.05. The van der Waals surface area contributed by atoms with E-state index in [-0.39, 0.29) is 22.5 Å². The Labute approximate surface area is 212 Å². The Hall–Kier alpha value is -3.86. The number of aryl methyl sites for hydroxylation is 1. The minimum Gasteiger partial charge on any atom is -0.476 e. The molecule has 2 aromatic heterocycles. The molecule has 1 fully saturated rings. The number of anilines is 2. The summed E-state index contributed by atoms with van der Waals surface area (Å²) in [5, 5.41) is 13.3. The highest BCUT2D eigenvalue weighted by atomic mass is 35.5. The van der Waals surface area contributed by atoms with Crippen molar-refractivity contribution in [2.75, 3.05) is 43.5 Å². The van der Waals surface area contributed by atoms with Crippen LogP contribution in [0.1, 0.15) is 34.6 Å². The fraction of sp³-hybridized carbons (Fsp3) is 0.375. The van der Waals surface area contributed by atoms with Gasteiger partial charge in [0.05, 0.1) is 29.7 Å². The van der Waals surface area contributed by atoms with Gasteiger partial charge in [-0.1, -0.05) is 17.7 Å². The van der Waals surface area contributed by atoms with Gasteiger partial charge in [-0.15, -0.1) is 0 Å². The highest BCUT2D eigenvalue weighted by Crippen LogP contribution is 2.29. The van der Waals surface area contributed by atoms with Crippen molar-refractivity contribution in [1.82, 2.24) is 19.4 Å². The topological polar surface area (TPSA) is 130 Å². The Morgan fingerprint density at radius 1 is 1.17 bits per heavy atom. The first-order valence-electron chi connectivity index (χ1n) is 11.4. The third-order valence-corrected chi connectivity index (χ3v) is 6.44. The first kappa shape index (κ1) is 25.2. The summed E-state index contributed by atoms with van der Waals surface area (Å²) in [7, 11) is 3.03. The number of nitrogens with one attached hydrogen (secondary N) is 1. The van der Waals surface area contributed by atoms with Crippen molar-refractivity contribution in [3.63, 3.8) is 0 Å². The number of rotatable bonds is 5. The molecule has 0 unspecified atom stereocenters. The van der Waals surface area contributed by atoms with Gasteiger partial charge in [-0.05, 0) is 37.6 Å². The number of benzene rings is 1. The Kier molecular flexibility index (Phi) is 7.02. The maximum atomic E-state index is 13.4. The number of halogens is 1. The number of nitrogens with zero attached hydrogens (tertiary/aromatic N) is 5. The average molecular weight is 515 g/mol. The number of carboxylic acids is 1. The van der Waals surface area contributed by atoms with Crippen LogP contribution in [0.5, 0.6) is 0 Å². The summed E-state index contributed by atoms with van der Waals surface area (Å²) < 4.78 is 6.32. The number of amides is 1. The van der Waals surface area contributed by atoms with Crippen LogP contribution in [0, 0.1) is 6.92 Å². The van der Waals surface area contributed by atoms with Crippen molar-refractivity contribution in [3.05, 3.63) is 56.6 Å². The molecule has 1 aromatic carbocycles. The van der Waals surface area contributed by atoms with Gasteiger partial charge in [0.15, 0.2) is 5.69 Å². The number of aromatic nitrogens is 3. The van der Waals surface area contributed by atoms with Crippen molar-refractivity contribution in [2.45, 2.75) is 19.9 Å². The fourth-order valence-corrected chi connectivity index (χ4v) is 4.55. The molecular weight excluding hydrogens is 488 g/mol. The molecule has 36 heavy (non-hydrogen) atoms. The Morgan fingerprint density at radius 3 is 2.50 bits per heavy atom. The number of methoxy groups -OCH3 is 1. The minimum atomic E-state index is -1.21. The molecule has 1 aliphatic heterocycles. The molecule has 1 saturated heterocycles. The second-order valence-corrected chi connectivity index (χ2v) is 9.06. The highest BCUT2D eigenvalue weighted by Gasteiger charge is 2.26. The molecule has 4 rings (SSSR count). The molecular formula is C24H27ClN6O5. The van der Waals surface area contributed by atoms with E-state index in [0.29, 0.717) is 48.7 Å². The van der Waals surface area contributed by atoms with E-state index in [9.17, 15) is 19.5 Å². The van der Waals surface area contributed by atoms with E-state index >= 15 is 0 Å². The van der Waals surface area contributed by atoms with E-state index in [1.807, 2.05) is 24.8 Å². The molecule has 12 heteroatoms. The number of piperazine rings is 1. The number of carboxylic acid groups (broad SMARTS) is 1. The quantitative estimate of drug-likeness (QED) is 0.493. The fourth-order valence-electron chi connectivity index (χ4n) is 4.40. The van der Waals surface area contributed by atoms with E-state index in [1.165, 1.54) is 17.7 Å². The molecule has 0 bridgehead atoms. The second-order valence-electron chi connectivity index (χ2n) is 8.67. The summed E-state index contributed by atoms with van der Waals surface area (Å²) in [4.78, 5) is 49.3. The first-order chi connectivity index (χ1) is 17.1. The van der Waals surface area contributed by atoms with Crippen LogP contribution in [0.4, 0.5) is 16.4 Å². The van der Waals surface area contributed by atoms with E-state index in [1.54, 1.807) is 24.1 Å². The molecule has 1 amide bonds.